The molecule has 34 heavy (non-hydrogen) atoms. The molecule has 4 N–H and O–H groups in total. The van der Waals surface area contributed by atoms with Crippen molar-refractivity contribution in [3.05, 3.63) is 0 Å². The first-order chi connectivity index (χ1) is 15.7. The number of carboxylic acids is 4. The van der Waals surface area contributed by atoms with E-state index < -0.39 is 71.7 Å². The second kappa shape index (κ2) is 24.2. The van der Waals surface area contributed by atoms with E-state index in [2.05, 4.69) is 0 Å². The van der Waals surface area contributed by atoms with Gasteiger partial charge in [-0.15, -0.1) is 0 Å². The first-order valence-electron chi connectivity index (χ1n) is 9.64. The van der Waals surface area contributed by atoms with Crippen molar-refractivity contribution in [2.45, 2.75) is 0 Å². The van der Waals surface area contributed by atoms with E-state index >= 15 is 0 Å². The Bertz CT molecular complexity index is 554. The molecule has 0 aliphatic carbocycles. The van der Waals surface area contributed by atoms with Crippen LogP contribution in [0.2, 0.25) is 0 Å². The minimum Gasteiger partial charge on any atom is -0.480 e. The van der Waals surface area contributed by atoms with Crippen LogP contribution in [0.1, 0.15) is 0 Å². The van der Waals surface area contributed by atoms with Crippen LogP contribution in [0.3, 0.4) is 0 Å². The van der Waals surface area contributed by atoms with E-state index in [4.69, 9.17) is 29.9 Å². The van der Waals surface area contributed by atoms with Crippen molar-refractivity contribution < 1.29 is 57.5 Å². The Hall–Kier alpha value is -1.98. The number of carbonyl (C=O) groups is 4. The van der Waals surface area contributed by atoms with Gasteiger partial charge in [0, 0.05) is 59.7 Å². The van der Waals surface area contributed by atoms with Gasteiger partial charge in [-0.05, 0) is 0 Å². The molecule has 0 atom stereocenters. The molecule has 0 aromatic rings. The van der Waals surface area contributed by atoms with E-state index in [0.717, 1.165) is 0 Å². The second-order valence-corrected chi connectivity index (χ2v) is 9.67. The van der Waals surface area contributed by atoms with Gasteiger partial charge in [-0.3, -0.25) is 37.4 Å². The molecule has 0 fully saturated rings. The highest BCUT2D eigenvalue weighted by molar-refractivity contribution is 7.83. The molecule has 0 amide bonds. The van der Waals surface area contributed by atoms with Gasteiger partial charge in [0.1, 0.15) is 0 Å². The summed E-state index contributed by atoms with van der Waals surface area (Å²) in [5.74, 6) is -4.55. The van der Waals surface area contributed by atoms with Gasteiger partial charge < -0.3 is 29.9 Å². The molecule has 0 radical (unpaired) electrons. The smallest absolute Gasteiger partial charge is 0.317 e. The van der Waals surface area contributed by atoms with Crippen LogP contribution in [0.4, 0.5) is 0 Å². The monoisotopic (exact) mass is 536 g/mol. The predicted molar refractivity (Wildman–Crippen MR) is 125 cm³/mol. The highest BCUT2D eigenvalue weighted by Gasteiger charge is 2.14. The van der Waals surface area contributed by atoms with Crippen LogP contribution < -0.4 is 0 Å². The third-order valence-corrected chi connectivity index (χ3v) is 2.91. The van der Waals surface area contributed by atoms with Crippen LogP contribution >= 0.6 is 0 Å². The van der Waals surface area contributed by atoms with Gasteiger partial charge in [-0.25, -0.2) is 0 Å². The minimum absolute atomic E-state index is 0.119. The number of nitrogens with zero attached hydrogens (tertiary/aromatic N) is 2. The molecule has 0 heterocycles. The molecule has 0 aromatic heterocycles. The van der Waals surface area contributed by atoms with Gasteiger partial charge in [0.15, 0.2) is 0 Å². The fourth-order valence-corrected chi connectivity index (χ4v) is 1.90. The average Bonchev–Trinajstić information content (AvgIpc) is 2.60. The van der Waals surface area contributed by atoms with Gasteiger partial charge in [0.05, 0.1) is 52.6 Å². The lowest BCUT2D eigenvalue weighted by molar-refractivity contribution is -0.144. The van der Waals surface area contributed by atoms with Crippen LogP contribution in [0.15, 0.2) is 0 Å². The summed E-state index contributed by atoms with van der Waals surface area (Å²) in [4.78, 5) is 44.9. The normalized spacial score (nSPS) is 10.5. The summed E-state index contributed by atoms with van der Waals surface area (Å²) in [5, 5.41) is 34.7. The van der Waals surface area contributed by atoms with Crippen molar-refractivity contribution in [2.24, 2.45) is 0 Å². The molecule has 0 aliphatic rings. The van der Waals surface area contributed by atoms with E-state index in [1.165, 1.54) is 9.80 Å². The molecule has 0 aromatic carbocycles. The maximum atomic E-state index is 10.6. The first kappa shape index (κ1) is 36.6. The molecular weight excluding hydrogens is 500 g/mol. The van der Waals surface area contributed by atoms with E-state index in [-0.39, 0.29) is 39.5 Å². The maximum Gasteiger partial charge on any atom is 0.317 e. The molecule has 0 bridgehead atoms. The van der Waals surface area contributed by atoms with Crippen molar-refractivity contribution in [2.75, 3.05) is 90.7 Å². The largest absolute Gasteiger partial charge is 0.480 e. The van der Waals surface area contributed by atoms with E-state index in [0.29, 0.717) is 0 Å². The van der Waals surface area contributed by atoms with E-state index in [1.807, 2.05) is 0 Å². The van der Waals surface area contributed by atoms with Crippen molar-refractivity contribution in [3.63, 3.8) is 0 Å². The highest BCUT2D eigenvalue weighted by atomic mass is 32.2. The number of carboxylic acid groups (broad SMARTS) is 4. The molecule has 0 unspecified atom stereocenters. The SMILES string of the molecule is CS(C)=O.CS(C)=O.O=C(O)CN(CCOCCOCCN(CC(=O)O)CC(=O)O)CC(=O)O. The third-order valence-electron chi connectivity index (χ3n) is 2.91. The van der Waals surface area contributed by atoms with Crippen molar-refractivity contribution in [3.8, 4) is 0 Å². The average molecular weight is 537 g/mol. The Labute approximate surface area is 203 Å². The van der Waals surface area contributed by atoms with E-state index in [1.54, 1.807) is 25.0 Å². The molecule has 14 nitrogen and oxygen atoms in total. The second-order valence-electron chi connectivity index (χ2n) is 6.70. The lowest BCUT2D eigenvalue weighted by Gasteiger charge is -2.18. The number of rotatable bonds is 17. The molecule has 16 heteroatoms. The molecule has 0 rings (SSSR count). The number of aliphatic carboxylic acids is 4. The van der Waals surface area contributed by atoms with Crippen LogP contribution in [-0.4, -0.2) is 153 Å². The summed E-state index contributed by atoms with van der Waals surface area (Å²) in [7, 11) is -1.22. The quantitative estimate of drug-likeness (QED) is 0.148. The lowest BCUT2D eigenvalue weighted by atomic mass is 10.4. The van der Waals surface area contributed by atoms with Crippen LogP contribution in [0.5, 0.6) is 0 Å². The molecule has 202 valence electrons. The Kier molecular flexibility index (Phi) is 26.0. The Morgan fingerprint density at radius 1 is 0.559 bits per heavy atom. The topological polar surface area (TPSA) is 208 Å². The highest BCUT2D eigenvalue weighted by Crippen LogP contribution is 1.92. The number of hydrogen-bond acceptors (Lipinski definition) is 10. The Balaban J connectivity index is -0.00000103. The van der Waals surface area contributed by atoms with Crippen molar-refractivity contribution >= 4 is 45.5 Å². The Morgan fingerprint density at radius 3 is 0.941 bits per heavy atom. The first-order valence-corrected chi connectivity index (χ1v) is 13.6. The lowest BCUT2D eigenvalue weighted by Crippen LogP contribution is -2.37. The van der Waals surface area contributed by atoms with Crippen molar-refractivity contribution in [1.29, 1.82) is 0 Å². The summed E-state index contributed by atoms with van der Waals surface area (Å²) >= 11 is 0. The van der Waals surface area contributed by atoms with Gasteiger partial charge in [-0.2, -0.15) is 0 Å². The van der Waals surface area contributed by atoms with Gasteiger partial charge in [-0.1, -0.05) is 0 Å². The van der Waals surface area contributed by atoms with E-state index in [9.17, 15) is 27.6 Å². The van der Waals surface area contributed by atoms with Gasteiger partial charge in [0.2, 0.25) is 0 Å². The maximum absolute atomic E-state index is 10.6. The fourth-order valence-electron chi connectivity index (χ4n) is 1.90. The van der Waals surface area contributed by atoms with Crippen LogP contribution in [-0.2, 0) is 50.3 Å². The molecule has 0 aliphatic heterocycles. The van der Waals surface area contributed by atoms with Crippen LogP contribution in [0, 0.1) is 0 Å². The number of hydrogen-bond donors (Lipinski definition) is 4. The van der Waals surface area contributed by atoms with Crippen LogP contribution in [0.25, 0.3) is 0 Å². The predicted octanol–water partition coefficient (Wildman–Crippen LogP) is -2.05. The standard InChI is InChI=1S/C14H24N2O10.2C2H6OS/c17-11(18)7-15(8-12(19)20)1-3-25-5-6-26-4-2-16(9-13(21)22)10-14(23)24;2*1-4(2)3/h1-10H2,(H,17,18)(H,19,20)(H,21,22)(H,23,24);2*1-2H3. The molecular formula is C18H36N2O12S2. The summed E-state index contributed by atoms with van der Waals surface area (Å²) < 4.78 is 29.5. The minimum atomic E-state index is -1.14. The Morgan fingerprint density at radius 2 is 0.765 bits per heavy atom. The zero-order valence-corrected chi connectivity index (χ0v) is 21.5. The zero-order valence-electron chi connectivity index (χ0n) is 19.8. The van der Waals surface area contributed by atoms with Gasteiger partial charge >= 0.3 is 23.9 Å². The zero-order chi connectivity index (χ0) is 27.1. The summed E-state index contributed by atoms with van der Waals surface area (Å²) in [6.45, 7) is -0.790. The fraction of sp³-hybridized carbons (Fsp3) is 0.778. The van der Waals surface area contributed by atoms with Crippen molar-refractivity contribution in [1.82, 2.24) is 9.80 Å². The molecule has 0 spiro atoms. The molecule has 0 saturated heterocycles. The molecule has 0 saturated carbocycles. The summed E-state index contributed by atoms with van der Waals surface area (Å²) in [5.41, 5.74) is 0. The van der Waals surface area contributed by atoms with Gasteiger partial charge in [0.25, 0.3) is 0 Å². The number of ether oxygens (including phenoxy) is 2. The summed E-state index contributed by atoms with van der Waals surface area (Å²) in [6.07, 6.45) is 6.56. The third kappa shape index (κ3) is 40.4. The summed E-state index contributed by atoms with van der Waals surface area (Å²) in [6, 6.07) is 0.